The first-order chi connectivity index (χ1) is 8.62. The van der Waals surface area contributed by atoms with Gasteiger partial charge >= 0.3 is 6.18 Å². The third-order valence-electron chi connectivity index (χ3n) is 2.14. The summed E-state index contributed by atoms with van der Waals surface area (Å²) in [6.45, 7) is 0.994. The average molecular weight is 277 g/mol. The summed E-state index contributed by atoms with van der Waals surface area (Å²) in [5, 5.41) is 0. The molecule has 0 aliphatic carbocycles. The fourth-order valence-electron chi connectivity index (χ4n) is 1.40. The summed E-state index contributed by atoms with van der Waals surface area (Å²) in [5.41, 5.74) is 12.9. The summed E-state index contributed by atoms with van der Waals surface area (Å²) >= 11 is 0. The maximum Gasteiger partial charge on any atom is 0.418 e. The van der Waals surface area contributed by atoms with Crippen LogP contribution in [0.15, 0.2) is 22.1 Å². The Kier molecular flexibility index (Phi) is 3.98. The second-order valence-corrected chi connectivity index (χ2v) is 3.57. The lowest BCUT2D eigenvalue weighted by molar-refractivity contribution is -0.137. The Hall–Kier alpha value is -2.32. The molecule has 0 aliphatic rings. The molecule has 104 valence electrons. The molecule has 1 aromatic rings. The van der Waals surface area contributed by atoms with E-state index in [-0.39, 0.29) is 0 Å². The lowest BCUT2D eigenvalue weighted by Crippen LogP contribution is -2.26. The van der Waals surface area contributed by atoms with Gasteiger partial charge in [0.1, 0.15) is 5.82 Å². The third-order valence-corrected chi connectivity index (χ3v) is 2.14. The Morgan fingerprint density at radius 2 is 1.74 bits per heavy atom. The molecule has 0 atom stereocenters. The molecule has 0 heterocycles. The Balaban J connectivity index is 3.46. The fraction of sp³-hybridized carbons (Fsp3) is 0.200. The van der Waals surface area contributed by atoms with E-state index in [1.54, 1.807) is 0 Å². The molecule has 0 aromatic heterocycles. The Morgan fingerprint density at radius 3 is 2.21 bits per heavy atom. The van der Waals surface area contributed by atoms with Crippen LogP contribution in [-0.4, -0.2) is 11.9 Å². The van der Waals surface area contributed by atoms with Gasteiger partial charge in [0, 0.05) is 0 Å². The van der Waals surface area contributed by atoms with E-state index in [1.165, 1.54) is 0 Å². The highest BCUT2D eigenvalue weighted by Gasteiger charge is 2.36. The van der Waals surface area contributed by atoms with E-state index in [0.29, 0.717) is 0 Å². The third kappa shape index (κ3) is 3.57. The van der Waals surface area contributed by atoms with Gasteiger partial charge in [-0.25, -0.2) is 9.38 Å². The normalized spacial score (nSPS) is 12.4. The predicted octanol–water partition coefficient (Wildman–Crippen LogP) is 1.37. The van der Waals surface area contributed by atoms with Gasteiger partial charge in [-0.3, -0.25) is 0 Å². The van der Waals surface area contributed by atoms with Crippen molar-refractivity contribution in [1.82, 2.24) is 0 Å². The van der Waals surface area contributed by atoms with Crippen molar-refractivity contribution < 1.29 is 17.6 Å². The van der Waals surface area contributed by atoms with Gasteiger partial charge in [0.25, 0.3) is 0 Å². The maximum absolute atomic E-state index is 13.2. The molecule has 0 amide bonds. The Morgan fingerprint density at radius 1 is 1.16 bits per heavy atom. The van der Waals surface area contributed by atoms with E-state index in [0.717, 1.165) is 19.1 Å². The van der Waals surface area contributed by atoms with Crippen molar-refractivity contribution in [3.63, 3.8) is 0 Å². The molecule has 9 heteroatoms. The number of halogens is 4. The minimum absolute atomic E-state index is 0.450. The molecular weight excluding hydrogens is 266 g/mol. The van der Waals surface area contributed by atoms with Crippen molar-refractivity contribution >= 4 is 17.6 Å². The van der Waals surface area contributed by atoms with Crippen molar-refractivity contribution in [2.75, 3.05) is 0 Å². The quantitative estimate of drug-likeness (QED) is 0.410. The number of aliphatic imine (C=N–C) groups is 2. The van der Waals surface area contributed by atoms with E-state index in [4.69, 9.17) is 17.2 Å². The monoisotopic (exact) mass is 277 g/mol. The van der Waals surface area contributed by atoms with Gasteiger partial charge in [-0.2, -0.15) is 18.2 Å². The molecule has 0 spiro atoms. The van der Waals surface area contributed by atoms with Crippen LogP contribution in [0.1, 0.15) is 11.1 Å². The molecule has 0 aliphatic heterocycles. The smallest absolute Gasteiger partial charge is 0.370 e. The topological polar surface area (TPSA) is 103 Å². The minimum Gasteiger partial charge on any atom is -0.370 e. The number of hydrogen-bond donors (Lipinski definition) is 3. The number of guanidine groups is 2. The van der Waals surface area contributed by atoms with Crippen LogP contribution in [0.25, 0.3) is 0 Å². The molecule has 0 saturated carbocycles. The van der Waals surface area contributed by atoms with Crippen molar-refractivity contribution in [3.05, 3.63) is 29.1 Å². The van der Waals surface area contributed by atoms with Gasteiger partial charge < -0.3 is 17.2 Å². The summed E-state index contributed by atoms with van der Waals surface area (Å²) in [7, 11) is 0. The first kappa shape index (κ1) is 14.7. The zero-order chi connectivity index (χ0) is 14.8. The van der Waals surface area contributed by atoms with E-state index in [1.807, 2.05) is 0 Å². The van der Waals surface area contributed by atoms with E-state index < -0.39 is 40.7 Å². The summed E-state index contributed by atoms with van der Waals surface area (Å²) in [4.78, 5) is 6.71. The Bertz CT molecular complexity index is 544. The number of nitrogens with two attached hydrogens (primary N) is 3. The van der Waals surface area contributed by atoms with Crippen LogP contribution in [0.4, 0.5) is 23.2 Å². The molecular formula is C10H11F4N5. The van der Waals surface area contributed by atoms with Gasteiger partial charge in [0.15, 0.2) is 5.96 Å². The molecule has 1 rings (SSSR count). The number of rotatable bonds is 1. The number of hydrogen-bond acceptors (Lipinski definition) is 1. The van der Waals surface area contributed by atoms with Crippen LogP contribution < -0.4 is 17.2 Å². The molecule has 5 nitrogen and oxygen atoms in total. The lowest BCUT2D eigenvalue weighted by atomic mass is 10.1. The Labute approximate surface area is 105 Å². The highest BCUT2D eigenvalue weighted by molar-refractivity contribution is 5.93. The summed E-state index contributed by atoms with van der Waals surface area (Å²) in [6, 6.07) is 1.70. The molecule has 0 saturated heterocycles. The highest BCUT2D eigenvalue weighted by Crippen LogP contribution is 2.39. The molecule has 0 bridgehead atoms. The van der Waals surface area contributed by atoms with Crippen molar-refractivity contribution in [3.8, 4) is 0 Å². The molecule has 19 heavy (non-hydrogen) atoms. The van der Waals surface area contributed by atoms with Gasteiger partial charge in [-0.1, -0.05) is 0 Å². The van der Waals surface area contributed by atoms with E-state index >= 15 is 0 Å². The van der Waals surface area contributed by atoms with Crippen LogP contribution in [-0.2, 0) is 6.18 Å². The van der Waals surface area contributed by atoms with Gasteiger partial charge in [-0.05, 0) is 24.6 Å². The van der Waals surface area contributed by atoms with Gasteiger partial charge in [0.2, 0.25) is 5.96 Å². The van der Waals surface area contributed by atoms with Crippen LogP contribution >= 0.6 is 0 Å². The first-order valence-electron chi connectivity index (χ1n) is 4.93. The van der Waals surface area contributed by atoms with Crippen molar-refractivity contribution in [2.45, 2.75) is 13.1 Å². The van der Waals surface area contributed by atoms with Crippen LogP contribution in [0.3, 0.4) is 0 Å². The second-order valence-electron chi connectivity index (χ2n) is 3.57. The zero-order valence-corrected chi connectivity index (χ0v) is 9.79. The summed E-state index contributed by atoms with van der Waals surface area (Å²) in [6.07, 6.45) is -4.77. The summed E-state index contributed by atoms with van der Waals surface area (Å²) < 4.78 is 51.7. The standard InChI is InChI=1S/C10H11F4N5/c1-4-5(11)2-3-6(7(4)10(12,13)14)18-9(17)19-8(15)16/h2-3H,1H3,(H6,15,16,17,18,19). The predicted molar refractivity (Wildman–Crippen MR) is 63.2 cm³/mol. The van der Waals surface area contributed by atoms with E-state index in [2.05, 4.69) is 9.98 Å². The van der Waals surface area contributed by atoms with E-state index in [9.17, 15) is 17.6 Å². The molecule has 0 fully saturated rings. The van der Waals surface area contributed by atoms with Gasteiger partial charge in [-0.15, -0.1) is 0 Å². The van der Waals surface area contributed by atoms with Crippen LogP contribution in [0.5, 0.6) is 0 Å². The molecule has 0 unspecified atom stereocenters. The first-order valence-corrected chi connectivity index (χ1v) is 4.93. The minimum atomic E-state index is -4.77. The largest absolute Gasteiger partial charge is 0.418 e. The molecule has 6 N–H and O–H groups in total. The zero-order valence-electron chi connectivity index (χ0n) is 9.79. The SMILES string of the molecule is Cc1c(F)ccc(N=C(N)N=C(N)N)c1C(F)(F)F. The number of benzene rings is 1. The molecule has 0 radical (unpaired) electrons. The summed E-state index contributed by atoms with van der Waals surface area (Å²) in [5.74, 6) is -2.00. The van der Waals surface area contributed by atoms with Crippen molar-refractivity contribution in [1.29, 1.82) is 0 Å². The van der Waals surface area contributed by atoms with Crippen LogP contribution in [0.2, 0.25) is 0 Å². The van der Waals surface area contributed by atoms with Crippen LogP contribution in [0, 0.1) is 12.7 Å². The average Bonchev–Trinajstić information content (AvgIpc) is 2.20. The second kappa shape index (κ2) is 5.12. The fourth-order valence-corrected chi connectivity index (χ4v) is 1.40. The molecule has 1 aromatic carbocycles. The van der Waals surface area contributed by atoms with Crippen molar-refractivity contribution in [2.24, 2.45) is 27.2 Å². The van der Waals surface area contributed by atoms with Gasteiger partial charge in [0.05, 0.1) is 11.3 Å². The number of alkyl halides is 3. The highest BCUT2D eigenvalue weighted by atomic mass is 19.4. The lowest BCUT2D eigenvalue weighted by Gasteiger charge is -2.13. The number of nitrogens with zero attached hydrogens (tertiary/aromatic N) is 2. The maximum atomic E-state index is 13.2.